The van der Waals surface area contributed by atoms with Crippen LogP contribution in [0.2, 0.25) is 0 Å². The zero-order chi connectivity index (χ0) is 19.6. The van der Waals surface area contributed by atoms with Crippen LogP contribution in [0.15, 0.2) is 41.4 Å². The lowest BCUT2D eigenvalue weighted by Gasteiger charge is -2.30. The van der Waals surface area contributed by atoms with Crippen molar-refractivity contribution in [3.63, 3.8) is 0 Å². The van der Waals surface area contributed by atoms with E-state index < -0.39 is 0 Å². The van der Waals surface area contributed by atoms with Crippen LogP contribution in [-0.2, 0) is 6.54 Å². The number of rotatable bonds is 9. The largest absolute Gasteiger partial charge is 0.364 e. The maximum Gasteiger partial charge on any atom is 0.191 e. The molecule has 1 aliphatic heterocycles. The lowest BCUT2D eigenvalue weighted by atomic mass is 10.2. The molecule has 0 aliphatic carbocycles. The fourth-order valence-electron chi connectivity index (χ4n) is 3.43. The number of benzene rings is 1. The van der Waals surface area contributed by atoms with Crippen LogP contribution in [0.1, 0.15) is 40.2 Å². The van der Waals surface area contributed by atoms with Crippen molar-refractivity contribution in [3.8, 4) is 0 Å². The predicted molar refractivity (Wildman–Crippen MR) is 118 cm³/mol. The minimum atomic E-state index is 0.552. The molecule has 0 amide bonds. The van der Waals surface area contributed by atoms with E-state index in [1.807, 2.05) is 0 Å². The quantitative estimate of drug-likeness (QED) is 0.397. The van der Waals surface area contributed by atoms with Crippen LogP contribution < -0.4 is 15.5 Å². The summed E-state index contributed by atoms with van der Waals surface area (Å²) in [4.78, 5) is 9.59. The van der Waals surface area contributed by atoms with Gasteiger partial charge < -0.3 is 15.5 Å². The Hall–Kier alpha value is -2.01. The Morgan fingerprint density at radius 2 is 1.67 bits per heavy atom. The van der Waals surface area contributed by atoms with Gasteiger partial charge in [0.05, 0.1) is 6.54 Å². The molecule has 0 fully saturated rings. The van der Waals surface area contributed by atoms with Crippen molar-refractivity contribution >= 4 is 11.6 Å². The molecule has 0 saturated heterocycles. The molecule has 0 radical (unpaired) electrons. The fourth-order valence-corrected chi connectivity index (χ4v) is 3.43. The van der Waals surface area contributed by atoms with E-state index in [0.29, 0.717) is 18.6 Å². The molecule has 2 N–H and O–H groups in total. The van der Waals surface area contributed by atoms with Crippen molar-refractivity contribution in [2.24, 2.45) is 4.99 Å². The van der Waals surface area contributed by atoms with Gasteiger partial charge in [0.2, 0.25) is 0 Å². The number of aliphatic imine (C=N–C) groups is 1. The van der Waals surface area contributed by atoms with E-state index >= 15 is 0 Å². The molecule has 2 rings (SSSR count). The minimum Gasteiger partial charge on any atom is -0.364 e. The smallest absolute Gasteiger partial charge is 0.191 e. The topological polar surface area (TPSA) is 42.9 Å². The monoisotopic (exact) mass is 371 g/mol. The lowest BCUT2D eigenvalue weighted by molar-refractivity contribution is 0.178. The number of hydrogen-bond acceptors (Lipinski definition) is 3. The molecule has 1 aliphatic rings. The molecule has 0 atom stereocenters. The molecule has 1 aromatic rings. The second kappa shape index (κ2) is 11.0. The SMILES string of the molecule is CCNC(=NCc1ccc(N2CC=CC2)cc1)NCCN(C(C)C)C(C)C. The zero-order valence-electron chi connectivity index (χ0n) is 17.7. The normalized spacial score (nSPS) is 14.7. The van der Waals surface area contributed by atoms with Gasteiger partial charge in [0.25, 0.3) is 0 Å². The molecule has 0 bridgehead atoms. The van der Waals surface area contributed by atoms with Gasteiger partial charge in [-0.15, -0.1) is 0 Å². The zero-order valence-corrected chi connectivity index (χ0v) is 17.7. The molecule has 1 aromatic carbocycles. The fraction of sp³-hybridized carbons (Fsp3) is 0.591. The Balaban J connectivity index is 1.86. The van der Waals surface area contributed by atoms with E-state index in [1.54, 1.807) is 0 Å². The van der Waals surface area contributed by atoms with Crippen molar-refractivity contribution in [1.29, 1.82) is 0 Å². The van der Waals surface area contributed by atoms with Crippen LogP contribution in [0.4, 0.5) is 5.69 Å². The first-order chi connectivity index (χ1) is 13.0. The number of hydrogen-bond donors (Lipinski definition) is 2. The van der Waals surface area contributed by atoms with E-state index in [0.717, 1.165) is 38.7 Å². The second-order valence-electron chi connectivity index (χ2n) is 7.59. The summed E-state index contributed by atoms with van der Waals surface area (Å²) in [5, 5.41) is 6.81. The number of nitrogens with one attached hydrogen (secondary N) is 2. The summed E-state index contributed by atoms with van der Waals surface area (Å²) >= 11 is 0. The summed E-state index contributed by atoms with van der Waals surface area (Å²) in [5.74, 6) is 0.887. The summed E-state index contributed by atoms with van der Waals surface area (Å²) in [5.41, 5.74) is 2.51. The highest BCUT2D eigenvalue weighted by Crippen LogP contribution is 2.17. The molecule has 0 unspecified atom stereocenters. The molecule has 150 valence electrons. The van der Waals surface area contributed by atoms with E-state index in [-0.39, 0.29) is 0 Å². The highest BCUT2D eigenvalue weighted by molar-refractivity contribution is 5.79. The van der Waals surface area contributed by atoms with Crippen LogP contribution in [-0.4, -0.2) is 55.7 Å². The molecule has 0 saturated carbocycles. The Bertz CT molecular complexity index is 588. The van der Waals surface area contributed by atoms with E-state index in [9.17, 15) is 0 Å². The molecule has 27 heavy (non-hydrogen) atoms. The first kappa shape index (κ1) is 21.3. The van der Waals surface area contributed by atoms with Crippen LogP contribution in [0, 0.1) is 0 Å². The van der Waals surface area contributed by atoms with Crippen LogP contribution in [0.25, 0.3) is 0 Å². The summed E-state index contributed by atoms with van der Waals surface area (Å²) < 4.78 is 0. The number of nitrogens with zero attached hydrogens (tertiary/aromatic N) is 3. The highest BCUT2D eigenvalue weighted by atomic mass is 15.2. The van der Waals surface area contributed by atoms with Gasteiger partial charge in [-0.1, -0.05) is 24.3 Å². The van der Waals surface area contributed by atoms with Gasteiger partial charge in [-0.05, 0) is 52.3 Å². The standard InChI is InChI=1S/C22H37N5/c1-6-23-22(24-13-16-27(18(2)3)19(4)5)25-17-20-9-11-21(12-10-20)26-14-7-8-15-26/h7-12,18-19H,6,13-17H2,1-5H3,(H2,23,24,25). The first-order valence-corrected chi connectivity index (χ1v) is 10.3. The highest BCUT2D eigenvalue weighted by Gasteiger charge is 2.12. The molecule has 5 heteroatoms. The lowest BCUT2D eigenvalue weighted by Crippen LogP contribution is -2.45. The van der Waals surface area contributed by atoms with Gasteiger partial charge in [-0.2, -0.15) is 0 Å². The van der Waals surface area contributed by atoms with Gasteiger partial charge in [-0.3, -0.25) is 4.90 Å². The Labute approximate surface area is 165 Å². The molecular formula is C22H37N5. The third-order valence-electron chi connectivity index (χ3n) is 4.87. The molecular weight excluding hydrogens is 334 g/mol. The Morgan fingerprint density at radius 1 is 1.04 bits per heavy atom. The van der Waals surface area contributed by atoms with E-state index in [4.69, 9.17) is 4.99 Å². The second-order valence-corrected chi connectivity index (χ2v) is 7.59. The van der Waals surface area contributed by atoms with Gasteiger partial charge >= 0.3 is 0 Å². The van der Waals surface area contributed by atoms with Gasteiger partial charge in [-0.25, -0.2) is 4.99 Å². The molecule has 0 aromatic heterocycles. The Morgan fingerprint density at radius 3 is 2.22 bits per heavy atom. The van der Waals surface area contributed by atoms with Crippen LogP contribution in [0.3, 0.4) is 0 Å². The molecule has 5 nitrogen and oxygen atoms in total. The van der Waals surface area contributed by atoms with Crippen molar-refractivity contribution in [3.05, 3.63) is 42.0 Å². The number of anilines is 1. The maximum atomic E-state index is 4.75. The van der Waals surface area contributed by atoms with Gasteiger partial charge in [0, 0.05) is 50.5 Å². The van der Waals surface area contributed by atoms with Crippen LogP contribution >= 0.6 is 0 Å². The van der Waals surface area contributed by atoms with E-state index in [1.165, 1.54) is 11.3 Å². The average Bonchev–Trinajstić information content (AvgIpc) is 3.17. The minimum absolute atomic E-state index is 0.552. The summed E-state index contributed by atoms with van der Waals surface area (Å²) in [7, 11) is 0. The average molecular weight is 372 g/mol. The van der Waals surface area contributed by atoms with Crippen molar-refractivity contribution in [2.45, 2.75) is 53.2 Å². The van der Waals surface area contributed by atoms with Crippen LogP contribution in [0.5, 0.6) is 0 Å². The summed E-state index contributed by atoms with van der Waals surface area (Å²) in [6.07, 6.45) is 4.43. The van der Waals surface area contributed by atoms with E-state index in [2.05, 4.69) is 91.5 Å². The Kier molecular flexibility index (Phi) is 8.65. The molecule has 1 heterocycles. The van der Waals surface area contributed by atoms with Crippen molar-refractivity contribution < 1.29 is 0 Å². The van der Waals surface area contributed by atoms with Crippen molar-refractivity contribution in [1.82, 2.24) is 15.5 Å². The van der Waals surface area contributed by atoms with Crippen molar-refractivity contribution in [2.75, 3.05) is 37.6 Å². The first-order valence-electron chi connectivity index (χ1n) is 10.3. The third-order valence-corrected chi connectivity index (χ3v) is 4.87. The van der Waals surface area contributed by atoms with Gasteiger partial charge in [0.15, 0.2) is 5.96 Å². The predicted octanol–water partition coefficient (Wildman–Crippen LogP) is 3.24. The third kappa shape index (κ3) is 6.90. The summed E-state index contributed by atoms with van der Waals surface area (Å²) in [6, 6.07) is 9.86. The molecule has 0 spiro atoms. The number of guanidine groups is 1. The maximum absolute atomic E-state index is 4.75. The van der Waals surface area contributed by atoms with Gasteiger partial charge in [0.1, 0.15) is 0 Å². The summed E-state index contributed by atoms with van der Waals surface area (Å²) in [6.45, 7) is 16.6.